The molecule has 6 nitrogen and oxygen atoms in total. The van der Waals surface area contributed by atoms with Gasteiger partial charge in [0.1, 0.15) is 16.6 Å². The molecule has 25 heavy (non-hydrogen) atoms. The molecule has 130 valence electrons. The fraction of sp³-hybridized carbons (Fsp3) is 0.389. The van der Waals surface area contributed by atoms with Crippen molar-refractivity contribution in [3.05, 3.63) is 63.2 Å². The molecule has 0 atom stereocenters. The summed E-state index contributed by atoms with van der Waals surface area (Å²) in [6.07, 6.45) is 7.76. The second kappa shape index (κ2) is 6.28. The number of hydrogen-bond donors (Lipinski definition) is 0. The normalized spacial score (nSPS) is 14.6. The van der Waals surface area contributed by atoms with Gasteiger partial charge < -0.3 is 4.57 Å². The molecule has 3 heterocycles. The van der Waals surface area contributed by atoms with E-state index in [2.05, 4.69) is 14.9 Å². The van der Waals surface area contributed by atoms with Crippen LogP contribution in [0.3, 0.4) is 0 Å². The first-order valence-corrected chi connectivity index (χ1v) is 8.79. The van der Waals surface area contributed by atoms with Gasteiger partial charge in [-0.3, -0.25) is 14.1 Å². The molecule has 3 aromatic heterocycles. The molecule has 1 saturated carbocycles. The Labute approximate surface area is 150 Å². The van der Waals surface area contributed by atoms with E-state index in [0.717, 1.165) is 24.2 Å². The molecule has 0 spiro atoms. The van der Waals surface area contributed by atoms with Crippen molar-refractivity contribution >= 4 is 17.2 Å². The number of nitrogens with zero attached hydrogens (tertiary/aromatic N) is 5. The van der Waals surface area contributed by atoms with Crippen LogP contribution in [0.5, 0.6) is 0 Å². The van der Waals surface area contributed by atoms with Gasteiger partial charge in [0.2, 0.25) is 0 Å². The van der Waals surface area contributed by atoms with Gasteiger partial charge in [-0.25, -0.2) is 9.97 Å². The minimum absolute atomic E-state index is 0.0933. The number of halogens is 1. The van der Waals surface area contributed by atoms with Crippen LogP contribution in [0.2, 0.25) is 5.15 Å². The maximum atomic E-state index is 12.9. The Morgan fingerprint density at radius 1 is 1.32 bits per heavy atom. The zero-order valence-corrected chi connectivity index (χ0v) is 15.1. The first-order chi connectivity index (χ1) is 12.0. The quantitative estimate of drug-likeness (QED) is 0.658. The predicted molar refractivity (Wildman–Crippen MR) is 96.7 cm³/mol. The lowest BCUT2D eigenvalue weighted by atomic mass is 10.2. The van der Waals surface area contributed by atoms with Gasteiger partial charge in [0.05, 0.1) is 12.1 Å². The van der Waals surface area contributed by atoms with Gasteiger partial charge in [0, 0.05) is 38.2 Å². The van der Waals surface area contributed by atoms with Crippen molar-refractivity contribution in [2.45, 2.75) is 38.9 Å². The highest BCUT2D eigenvalue weighted by molar-refractivity contribution is 6.30. The summed E-state index contributed by atoms with van der Waals surface area (Å²) in [5, 5.41) is 0.296. The van der Waals surface area contributed by atoms with E-state index in [1.165, 1.54) is 0 Å². The highest BCUT2D eigenvalue weighted by Gasteiger charge is 2.31. The molecule has 0 N–H and O–H groups in total. The molecule has 7 heteroatoms. The highest BCUT2D eigenvalue weighted by atomic mass is 35.5. The summed E-state index contributed by atoms with van der Waals surface area (Å²) in [7, 11) is 1.98. The van der Waals surface area contributed by atoms with E-state index in [1.807, 2.05) is 36.9 Å². The molecule has 0 bridgehead atoms. The van der Waals surface area contributed by atoms with Crippen LogP contribution < -0.4 is 5.56 Å². The van der Waals surface area contributed by atoms with Crippen LogP contribution in [0.15, 0.2) is 35.5 Å². The molecule has 1 fully saturated rings. The van der Waals surface area contributed by atoms with Crippen molar-refractivity contribution in [1.29, 1.82) is 0 Å². The summed E-state index contributed by atoms with van der Waals surface area (Å²) in [6, 6.07) is 4.26. The number of fused-ring (bicyclic) bond motifs is 1. The monoisotopic (exact) mass is 357 g/mol. The van der Waals surface area contributed by atoms with Crippen molar-refractivity contribution in [2.24, 2.45) is 7.05 Å². The summed E-state index contributed by atoms with van der Waals surface area (Å²) in [6.45, 7) is 3.11. The second-order valence-corrected chi connectivity index (χ2v) is 7.02. The molecule has 1 aliphatic rings. The predicted octanol–water partition coefficient (Wildman–Crippen LogP) is 2.55. The first-order valence-electron chi connectivity index (χ1n) is 8.41. The summed E-state index contributed by atoms with van der Waals surface area (Å²) in [4.78, 5) is 24.1. The molecular weight excluding hydrogens is 338 g/mol. The van der Waals surface area contributed by atoms with Crippen LogP contribution in [0.4, 0.5) is 0 Å². The van der Waals surface area contributed by atoms with Gasteiger partial charge in [0.25, 0.3) is 5.56 Å². The zero-order valence-electron chi connectivity index (χ0n) is 14.3. The second-order valence-electron chi connectivity index (χ2n) is 6.66. The number of rotatable bonds is 5. The van der Waals surface area contributed by atoms with E-state index in [-0.39, 0.29) is 5.56 Å². The lowest BCUT2D eigenvalue weighted by Gasteiger charge is -2.22. The lowest BCUT2D eigenvalue weighted by molar-refractivity contribution is 0.236. The fourth-order valence-corrected chi connectivity index (χ4v) is 3.35. The summed E-state index contributed by atoms with van der Waals surface area (Å²) < 4.78 is 3.59. The molecular formula is C18H20ClN5O. The number of pyridine rings is 1. The van der Waals surface area contributed by atoms with Crippen molar-refractivity contribution in [1.82, 2.24) is 23.8 Å². The molecule has 0 amide bonds. The SMILES string of the molecule is Cc1cccn2c(=O)c(CN(Cc3nccn3C)C3CC3)c(Cl)nc12. The molecule has 0 aromatic carbocycles. The van der Waals surface area contributed by atoms with E-state index in [0.29, 0.717) is 35.5 Å². The van der Waals surface area contributed by atoms with Gasteiger partial charge in [-0.15, -0.1) is 0 Å². The molecule has 0 aliphatic heterocycles. The van der Waals surface area contributed by atoms with Crippen molar-refractivity contribution < 1.29 is 0 Å². The topological polar surface area (TPSA) is 55.4 Å². The van der Waals surface area contributed by atoms with Crippen LogP contribution in [0.1, 0.15) is 29.8 Å². The molecule has 0 radical (unpaired) electrons. The lowest BCUT2D eigenvalue weighted by Crippen LogP contribution is -2.31. The van der Waals surface area contributed by atoms with Gasteiger partial charge in [0.15, 0.2) is 0 Å². The maximum absolute atomic E-state index is 12.9. The number of imidazole rings is 1. The Kier molecular flexibility index (Phi) is 4.09. The minimum atomic E-state index is -0.0933. The first kappa shape index (κ1) is 16.3. The fourth-order valence-electron chi connectivity index (χ4n) is 3.13. The Morgan fingerprint density at radius 2 is 2.12 bits per heavy atom. The maximum Gasteiger partial charge on any atom is 0.263 e. The third kappa shape index (κ3) is 3.07. The largest absolute Gasteiger partial charge is 0.337 e. The van der Waals surface area contributed by atoms with Crippen molar-refractivity contribution in [3.63, 3.8) is 0 Å². The Bertz CT molecular complexity index is 989. The van der Waals surface area contributed by atoms with Crippen LogP contribution in [0.25, 0.3) is 5.65 Å². The van der Waals surface area contributed by atoms with Crippen LogP contribution >= 0.6 is 11.6 Å². The van der Waals surface area contributed by atoms with Gasteiger partial charge in [-0.05, 0) is 31.4 Å². The van der Waals surface area contributed by atoms with Crippen LogP contribution in [-0.4, -0.2) is 29.9 Å². The zero-order chi connectivity index (χ0) is 17.6. The summed E-state index contributed by atoms with van der Waals surface area (Å²) >= 11 is 6.39. The van der Waals surface area contributed by atoms with Crippen LogP contribution in [-0.2, 0) is 20.1 Å². The summed E-state index contributed by atoms with van der Waals surface area (Å²) in [5.41, 5.74) is 2.00. The van der Waals surface area contributed by atoms with E-state index >= 15 is 0 Å². The molecule has 4 rings (SSSR count). The molecule has 3 aromatic rings. The van der Waals surface area contributed by atoms with Crippen molar-refractivity contribution in [3.8, 4) is 0 Å². The average Bonchev–Trinajstić information content (AvgIpc) is 3.35. The standard InChI is InChI=1S/C18H20ClN5O/c1-12-4-3-8-24-17(12)21-16(19)14(18(24)25)10-23(13-5-6-13)11-15-20-7-9-22(15)2/h3-4,7-9,13H,5-6,10-11H2,1-2H3. The minimum Gasteiger partial charge on any atom is -0.337 e. The van der Waals surface area contributed by atoms with Gasteiger partial charge in [-0.1, -0.05) is 17.7 Å². The molecule has 1 aliphatic carbocycles. The Hall–Kier alpha value is -2.18. The van der Waals surface area contributed by atoms with E-state index in [9.17, 15) is 4.79 Å². The highest BCUT2D eigenvalue weighted by Crippen LogP contribution is 2.30. The van der Waals surface area contributed by atoms with E-state index < -0.39 is 0 Å². The summed E-state index contributed by atoms with van der Waals surface area (Å²) in [5.74, 6) is 0.979. The Morgan fingerprint density at radius 3 is 2.80 bits per heavy atom. The van der Waals surface area contributed by atoms with Crippen molar-refractivity contribution in [2.75, 3.05) is 0 Å². The third-order valence-corrected chi connectivity index (χ3v) is 5.09. The number of hydrogen-bond acceptors (Lipinski definition) is 4. The Balaban J connectivity index is 1.71. The van der Waals surface area contributed by atoms with Crippen LogP contribution in [0, 0.1) is 6.92 Å². The van der Waals surface area contributed by atoms with Gasteiger partial charge in [-0.2, -0.15) is 0 Å². The number of aryl methyl sites for hydroxylation is 2. The van der Waals surface area contributed by atoms with E-state index in [1.54, 1.807) is 16.8 Å². The molecule has 0 saturated heterocycles. The molecule has 0 unspecified atom stereocenters. The van der Waals surface area contributed by atoms with E-state index in [4.69, 9.17) is 11.6 Å². The third-order valence-electron chi connectivity index (χ3n) is 4.78. The number of aromatic nitrogens is 4. The average molecular weight is 358 g/mol. The van der Waals surface area contributed by atoms with Gasteiger partial charge >= 0.3 is 0 Å². The smallest absolute Gasteiger partial charge is 0.263 e.